The molecule has 42 heavy (non-hydrogen) atoms. The minimum atomic E-state index is -4.42. The Bertz CT molecular complexity index is 2060. The first-order valence-corrected chi connectivity index (χ1v) is 14.0. The van der Waals surface area contributed by atoms with E-state index < -0.39 is 11.7 Å². The van der Waals surface area contributed by atoms with Crippen molar-refractivity contribution in [1.29, 1.82) is 0 Å². The summed E-state index contributed by atoms with van der Waals surface area (Å²) in [5.74, 6) is -0.645. The van der Waals surface area contributed by atoms with Crippen LogP contribution in [0.3, 0.4) is 0 Å². The van der Waals surface area contributed by atoms with Gasteiger partial charge in [0.25, 0.3) is 0 Å². The maximum absolute atomic E-state index is 13.5. The number of alkyl halides is 3. The Balaban J connectivity index is 1.39. The molecule has 0 unspecified atom stereocenters. The highest BCUT2D eigenvalue weighted by molar-refractivity contribution is 7.21. The van der Waals surface area contributed by atoms with Gasteiger partial charge in [0.05, 0.1) is 27.2 Å². The number of fused-ring (bicyclic) bond motifs is 3. The van der Waals surface area contributed by atoms with Crippen molar-refractivity contribution in [3.63, 3.8) is 0 Å². The van der Waals surface area contributed by atoms with Crippen molar-refractivity contribution in [3.05, 3.63) is 124 Å². The fourth-order valence-corrected chi connectivity index (χ4v) is 6.61. The van der Waals surface area contributed by atoms with Crippen molar-refractivity contribution in [2.75, 3.05) is 0 Å². The second-order valence-electron chi connectivity index (χ2n) is 10.4. The minimum absolute atomic E-state index is 0.0842. The summed E-state index contributed by atoms with van der Waals surface area (Å²) < 4.78 is 42.0. The monoisotopic (exact) mass is 578 g/mol. The Kier molecular flexibility index (Phi) is 5.81. The van der Waals surface area contributed by atoms with Crippen LogP contribution in [-0.2, 0) is 6.18 Å². The average Bonchev–Trinajstić information content (AvgIpc) is 3.59. The molecule has 4 nitrogen and oxygen atoms in total. The number of Topliss-reactive ketones (excluding diaryl/α,β-unsaturated/α-hetero) is 2. The van der Waals surface area contributed by atoms with Gasteiger partial charge in [0.1, 0.15) is 5.01 Å². The summed E-state index contributed by atoms with van der Waals surface area (Å²) in [5, 5.41) is 2.34. The van der Waals surface area contributed by atoms with Gasteiger partial charge in [-0.05, 0) is 72.2 Å². The molecular weight excluding hydrogens is 557 g/mol. The van der Waals surface area contributed by atoms with Gasteiger partial charge in [-0.3, -0.25) is 14.2 Å². The molecule has 0 fully saturated rings. The van der Waals surface area contributed by atoms with Crippen LogP contribution in [0.25, 0.3) is 43.5 Å². The maximum Gasteiger partial charge on any atom is 0.416 e. The molecule has 4 aromatic carbocycles. The van der Waals surface area contributed by atoms with Gasteiger partial charge in [-0.15, -0.1) is 11.3 Å². The molecule has 1 aliphatic carbocycles. The van der Waals surface area contributed by atoms with E-state index >= 15 is 0 Å². The summed E-state index contributed by atoms with van der Waals surface area (Å²) >= 11 is 1.34. The topological polar surface area (TPSA) is 52.0 Å². The zero-order chi connectivity index (χ0) is 29.3. The van der Waals surface area contributed by atoms with Crippen LogP contribution in [0.2, 0.25) is 0 Å². The maximum atomic E-state index is 13.5. The van der Waals surface area contributed by atoms with E-state index in [-0.39, 0.29) is 17.1 Å². The Hall–Kier alpha value is -4.82. The Morgan fingerprint density at radius 3 is 1.95 bits per heavy atom. The van der Waals surface area contributed by atoms with Crippen molar-refractivity contribution in [2.45, 2.75) is 20.0 Å². The second kappa shape index (κ2) is 9.36. The normalized spacial score (nSPS) is 13.4. The third-order valence-corrected chi connectivity index (χ3v) is 8.70. The highest BCUT2D eigenvalue weighted by Crippen LogP contribution is 2.39. The molecule has 1 aliphatic rings. The fraction of sp³-hybridized carbons (Fsp3) is 0.0882. The molecule has 0 N–H and O–H groups in total. The SMILES string of the molecule is Cc1cccc(C)c1-n1c(C=C2C(=O)c3cc4ccccc4cc3C2=O)cc2sc(-c3ccc(C(F)(F)F)cc3)nc21. The lowest BCUT2D eigenvalue weighted by Gasteiger charge is -2.14. The molecule has 0 amide bonds. The number of aryl methyl sites for hydroxylation is 2. The fourth-order valence-electron chi connectivity index (χ4n) is 5.61. The molecule has 8 heteroatoms. The molecule has 2 aromatic heterocycles. The molecule has 0 spiro atoms. The van der Waals surface area contributed by atoms with Crippen LogP contribution in [0, 0.1) is 13.8 Å². The summed E-state index contributed by atoms with van der Waals surface area (Å²) in [6, 6.07) is 23.9. The average molecular weight is 579 g/mol. The van der Waals surface area contributed by atoms with Gasteiger partial charge in [-0.25, -0.2) is 4.98 Å². The molecule has 6 aromatic rings. The number of nitrogens with zero attached hydrogens (tertiary/aromatic N) is 2. The number of para-hydroxylation sites is 1. The van der Waals surface area contributed by atoms with E-state index in [2.05, 4.69) is 0 Å². The van der Waals surface area contributed by atoms with Crippen molar-refractivity contribution >= 4 is 50.1 Å². The van der Waals surface area contributed by atoms with Gasteiger partial charge >= 0.3 is 6.18 Å². The molecule has 0 atom stereocenters. The number of benzene rings is 4. The second-order valence-corrected chi connectivity index (χ2v) is 11.4. The molecule has 2 heterocycles. The first-order valence-electron chi connectivity index (χ1n) is 13.2. The lowest BCUT2D eigenvalue weighted by molar-refractivity contribution is -0.137. The number of carbonyl (C=O) groups excluding carboxylic acids is 2. The Morgan fingerprint density at radius 2 is 1.38 bits per heavy atom. The van der Waals surface area contributed by atoms with E-state index in [1.807, 2.05) is 66.9 Å². The van der Waals surface area contributed by atoms with Crippen LogP contribution in [0.4, 0.5) is 13.2 Å². The highest BCUT2D eigenvalue weighted by atomic mass is 32.1. The zero-order valence-electron chi connectivity index (χ0n) is 22.4. The molecule has 0 radical (unpaired) electrons. The van der Waals surface area contributed by atoms with E-state index in [1.165, 1.54) is 23.5 Å². The van der Waals surface area contributed by atoms with Gasteiger partial charge in [0.15, 0.2) is 17.2 Å². The van der Waals surface area contributed by atoms with Crippen molar-refractivity contribution in [1.82, 2.24) is 9.55 Å². The van der Waals surface area contributed by atoms with Crippen LogP contribution in [0.1, 0.15) is 43.1 Å². The number of ketones is 2. The van der Waals surface area contributed by atoms with Gasteiger partial charge in [-0.1, -0.05) is 54.6 Å². The van der Waals surface area contributed by atoms with Crippen LogP contribution < -0.4 is 0 Å². The molecule has 0 saturated carbocycles. The van der Waals surface area contributed by atoms with E-state index in [0.29, 0.717) is 33.0 Å². The predicted octanol–water partition coefficient (Wildman–Crippen LogP) is 9.01. The molecular formula is C34H21F3N2O2S. The summed E-state index contributed by atoms with van der Waals surface area (Å²) in [5.41, 5.74) is 4.73. The van der Waals surface area contributed by atoms with Crippen LogP contribution in [0.15, 0.2) is 90.5 Å². The van der Waals surface area contributed by atoms with Crippen molar-refractivity contribution < 1.29 is 22.8 Å². The standard InChI is InChI=1S/C34H21F3N2O2S/c1-18-6-5-7-19(2)29(18)39-24(16-27-30(40)25-14-21-8-3-4-9-22(21)15-26(25)31(27)41)17-28-32(39)38-33(42-28)20-10-12-23(13-11-20)34(35,36)37/h3-17H,1-2H3. The van der Waals surface area contributed by atoms with Crippen LogP contribution in [0.5, 0.6) is 0 Å². The predicted molar refractivity (Wildman–Crippen MR) is 159 cm³/mol. The summed E-state index contributed by atoms with van der Waals surface area (Å²) in [4.78, 5) is 31.9. The van der Waals surface area contributed by atoms with Gasteiger partial charge < -0.3 is 0 Å². The minimum Gasteiger partial charge on any atom is -0.293 e. The number of halogens is 3. The third kappa shape index (κ3) is 4.10. The van der Waals surface area contributed by atoms with Gasteiger partial charge in [-0.2, -0.15) is 13.2 Å². The molecule has 0 aliphatic heterocycles. The largest absolute Gasteiger partial charge is 0.416 e. The van der Waals surface area contributed by atoms with Crippen molar-refractivity contribution in [3.8, 4) is 16.3 Å². The van der Waals surface area contributed by atoms with Crippen LogP contribution >= 0.6 is 11.3 Å². The zero-order valence-corrected chi connectivity index (χ0v) is 23.2. The third-order valence-electron chi connectivity index (χ3n) is 7.66. The van der Waals surface area contributed by atoms with E-state index in [1.54, 1.807) is 18.2 Å². The number of carbonyl (C=O) groups is 2. The molecule has 7 rings (SSSR count). The number of allylic oxidation sites excluding steroid dienone is 1. The smallest absolute Gasteiger partial charge is 0.293 e. The van der Waals surface area contributed by atoms with E-state index in [9.17, 15) is 22.8 Å². The van der Waals surface area contributed by atoms with Gasteiger partial charge in [0.2, 0.25) is 0 Å². The molecule has 206 valence electrons. The number of thiazole rings is 1. The lowest BCUT2D eigenvalue weighted by Crippen LogP contribution is -2.05. The summed E-state index contributed by atoms with van der Waals surface area (Å²) in [7, 11) is 0. The summed E-state index contributed by atoms with van der Waals surface area (Å²) in [6.45, 7) is 3.95. The van der Waals surface area contributed by atoms with Gasteiger partial charge in [0, 0.05) is 16.7 Å². The first kappa shape index (κ1) is 26.1. The van der Waals surface area contributed by atoms with E-state index in [0.717, 1.165) is 44.4 Å². The number of aromatic nitrogens is 2. The summed E-state index contributed by atoms with van der Waals surface area (Å²) in [6.07, 6.45) is -2.79. The number of rotatable bonds is 3. The first-order chi connectivity index (χ1) is 20.1. The Labute approximate surface area is 242 Å². The van der Waals surface area contributed by atoms with Crippen LogP contribution in [-0.4, -0.2) is 21.1 Å². The van der Waals surface area contributed by atoms with E-state index in [4.69, 9.17) is 4.98 Å². The lowest BCUT2D eigenvalue weighted by atomic mass is 10.0. The van der Waals surface area contributed by atoms with Crippen molar-refractivity contribution in [2.24, 2.45) is 0 Å². The molecule has 0 saturated heterocycles. The number of hydrogen-bond acceptors (Lipinski definition) is 4. The molecule has 0 bridgehead atoms. The quantitative estimate of drug-likeness (QED) is 0.156. The highest BCUT2D eigenvalue weighted by Gasteiger charge is 2.34. The Morgan fingerprint density at radius 1 is 0.786 bits per heavy atom. The number of hydrogen-bond donors (Lipinski definition) is 0.